The van der Waals surface area contributed by atoms with E-state index in [-0.39, 0.29) is 49.7 Å². The Morgan fingerprint density at radius 1 is 1.17 bits per heavy atom. The maximum Gasteiger partial charge on any atom is 0.242 e. The molecule has 3 aromatic rings. The number of para-hydroxylation sites is 1. The number of nitrogens with zero attached hydrogens (tertiary/aromatic N) is 3. The summed E-state index contributed by atoms with van der Waals surface area (Å²) in [6.07, 6.45) is 2.74. The zero-order chi connectivity index (χ0) is 36.8. The molecule has 0 aliphatic carbocycles. The molecule has 4 heterocycles. The molecule has 13 heteroatoms. The predicted octanol–water partition coefficient (Wildman–Crippen LogP) is 4.57. The van der Waals surface area contributed by atoms with Gasteiger partial charge in [-0.1, -0.05) is 36.9 Å². The van der Waals surface area contributed by atoms with E-state index in [0.29, 0.717) is 41.0 Å². The summed E-state index contributed by atoms with van der Waals surface area (Å²) >= 11 is 5.51. The van der Waals surface area contributed by atoms with Crippen molar-refractivity contribution in [2.75, 3.05) is 39.4 Å². The van der Waals surface area contributed by atoms with Crippen LogP contribution in [0.4, 0.5) is 5.69 Å². The number of nitriles is 1. The molecule has 2 unspecified atom stereocenters. The largest absolute Gasteiger partial charge is 0.504 e. The summed E-state index contributed by atoms with van der Waals surface area (Å²) in [5.74, 6) is 2.14. The van der Waals surface area contributed by atoms with E-state index >= 15 is 0 Å². The standard InChI is InChI=1S/C39H44N6O6S/c1-7-13-49-35-21(3)36-37(51-19-50-36)31-25(35)16-27-32-30-23(14-20(2)34(48-6)33(30)46)15-26(44(32)5)28(17-40)45(27)29(31)18-41-38(47)22(4)42-39(52)43-24-11-9-8-10-12-24/h7-12,14,22,26-29,32,46H,1,13,15-16,18-19H2,2-6H3,(H,41,47)(H2,42,43,52)/t22?,26-,27?,28+,29+,32+/m1/s1. The molecule has 4 aliphatic rings. The molecule has 1 fully saturated rings. The molecule has 4 aliphatic heterocycles. The van der Waals surface area contributed by atoms with Crippen LogP contribution in [-0.2, 0) is 17.6 Å². The number of anilines is 1. The number of nitrogens with one attached hydrogen (secondary N) is 3. The van der Waals surface area contributed by atoms with Gasteiger partial charge in [-0.05, 0) is 76.1 Å². The first kappa shape index (κ1) is 35.4. The van der Waals surface area contributed by atoms with E-state index < -0.39 is 18.1 Å². The molecule has 4 N–H and O–H groups in total. The van der Waals surface area contributed by atoms with Crippen molar-refractivity contribution in [2.45, 2.75) is 69.9 Å². The number of likely N-dealkylation sites (N-methyl/N-ethyl adjacent to an activating group) is 1. The van der Waals surface area contributed by atoms with Gasteiger partial charge in [-0.3, -0.25) is 14.6 Å². The lowest BCUT2D eigenvalue weighted by molar-refractivity contribution is -0.123. The zero-order valence-electron chi connectivity index (χ0n) is 30.0. The Kier molecular flexibility index (Phi) is 9.65. The van der Waals surface area contributed by atoms with Crippen molar-refractivity contribution in [1.82, 2.24) is 20.4 Å². The number of phenols is 1. The van der Waals surface area contributed by atoms with E-state index in [1.54, 1.807) is 20.1 Å². The third kappa shape index (κ3) is 5.84. The van der Waals surface area contributed by atoms with Crippen LogP contribution in [0.2, 0.25) is 0 Å². The number of aryl methyl sites for hydroxylation is 1. The fourth-order valence-corrected chi connectivity index (χ4v) is 8.96. The highest BCUT2D eigenvalue weighted by Gasteiger charge is 2.56. The van der Waals surface area contributed by atoms with E-state index in [2.05, 4.69) is 44.5 Å². The summed E-state index contributed by atoms with van der Waals surface area (Å²) < 4.78 is 24.3. The van der Waals surface area contributed by atoms with Crippen LogP contribution in [0.25, 0.3) is 0 Å². The third-order valence-electron chi connectivity index (χ3n) is 10.9. The van der Waals surface area contributed by atoms with Gasteiger partial charge in [0.15, 0.2) is 28.1 Å². The fourth-order valence-electron chi connectivity index (χ4n) is 8.67. The molecule has 0 radical (unpaired) electrons. The van der Waals surface area contributed by atoms with Crippen LogP contribution in [0.3, 0.4) is 0 Å². The molecule has 0 aromatic heterocycles. The molecule has 12 nitrogen and oxygen atoms in total. The van der Waals surface area contributed by atoms with Crippen molar-refractivity contribution >= 4 is 28.9 Å². The number of benzene rings is 3. The number of carbonyl (C=O) groups is 1. The van der Waals surface area contributed by atoms with Crippen molar-refractivity contribution in [3.63, 3.8) is 0 Å². The lowest BCUT2D eigenvalue weighted by Gasteiger charge is -2.60. The maximum atomic E-state index is 13.8. The fraction of sp³-hybridized carbons (Fsp3) is 0.410. The highest BCUT2D eigenvalue weighted by atomic mass is 32.1. The van der Waals surface area contributed by atoms with Gasteiger partial charge in [-0.15, -0.1) is 0 Å². The smallest absolute Gasteiger partial charge is 0.242 e. The number of carbonyl (C=O) groups excluding carboxylic acids is 1. The number of thiocarbonyl (C=S) groups is 1. The normalized spacial score (nSPS) is 23.2. The summed E-state index contributed by atoms with van der Waals surface area (Å²) in [4.78, 5) is 18.2. The van der Waals surface area contributed by atoms with Crippen molar-refractivity contribution in [2.24, 2.45) is 0 Å². The van der Waals surface area contributed by atoms with Gasteiger partial charge in [0.25, 0.3) is 0 Å². The summed E-state index contributed by atoms with van der Waals surface area (Å²) in [5, 5.41) is 32.4. The number of aromatic hydroxyl groups is 1. The first-order valence-corrected chi connectivity index (χ1v) is 17.9. The van der Waals surface area contributed by atoms with Gasteiger partial charge in [0.05, 0.1) is 25.3 Å². The minimum atomic E-state index is -0.671. The van der Waals surface area contributed by atoms with Crippen LogP contribution in [0, 0.1) is 25.2 Å². The van der Waals surface area contributed by atoms with Gasteiger partial charge in [-0.2, -0.15) is 5.26 Å². The quantitative estimate of drug-likeness (QED) is 0.182. The molecular formula is C39H44N6O6S. The van der Waals surface area contributed by atoms with E-state index in [4.69, 9.17) is 31.2 Å². The minimum Gasteiger partial charge on any atom is -0.504 e. The van der Waals surface area contributed by atoms with Crippen LogP contribution >= 0.6 is 12.2 Å². The van der Waals surface area contributed by atoms with Gasteiger partial charge in [0.2, 0.25) is 12.7 Å². The van der Waals surface area contributed by atoms with Crippen molar-refractivity contribution in [1.29, 1.82) is 5.26 Å². The van der Waals surface area contributed by atoms with Gasteiger partial charge in [-0.25, -0.2) is 0 Å². The van der Waals surface area contributed by atoms with E-state index in [9.17, 15) is 15.2 Å². The number of phenolic OH excluding ortho intramolecular Hbond substituents is 1. The van der Waals surface area contributed by atoms with E-state index in [1.807, 2.05) is 51.2 Å². The highest BCUT2D eigenvalue weighted by Crippen LogP contribution is 2.58. The minimum absolute atomic E-state index is 0.0406. The molecule has 2 bridgehead atoms. The van der Waals surface area contributed by atoms with E-state index in [1.165, 1.54) is 0 Å². The molecule has 0 spiro atoms. The molecule has 272 valence electrons. The molecule has 1 saturated heterocycles. The lowest BCUT2D eigenvalue weighted by atomic mass is 9.71. The third-order valence-corrected chi connectivity index (χ3v) is 11.1. The Morgan fingerprint density at radius 3 is 2.63 bits per heavy atom. The molecular weight excluding hydrogens is 681 g/mol. The van der Waals surface area contributed by atoms with Crippen LogP contribution < -0.4 is 34.9 Å². The second kappa shape index (κ2) is 14.2. The van der Waals surface area contributed by atoms with E-state index in [0.717, 1.165) is 39.1 Å². The van der Waals surface area contributed by atoms with Crippen molar-refractivity contribution in [3.8, 4) is 34.8 Å². The number of hydrogen-bond acceptors (Lipinski definition) is 10. The van der Waals surface area contributed by atoms with Gasteiger partial charge < -0.3 is 40.0 Å². The Bertz CT molecular complexity index is 1970. The van der Waals surface area contributed by atoms with Crippen molar-refractivity contribution in [3.05, 3.63) is 82.4 Å². The number of hydrogen-bond donors (Lipinski definition) is 4. The Hall–Kier alpha value is -5.03. The topological polar surface area (TPSA) is 141 Å². The monoisotopic (exact) mass is 724 g/mol. The second-order valence-electron chi connectivity index (χ2n) is 13.8. The SMILES string of the molecule is C=CCOc1c(C)c2c(c3c1CC1[C@H]4c5c(cc(C)c(OC)c5O)C[C@H]([C@H](C#N)N1[C@H]3CNC(=O)C(C)NC(=S)Nc1ccccc1)N4C)OCO2. The molecule has 6 atom stereocenters. The van der Waals surface area contributed by atoms with Crippen LogP contribution in [0.1, 0.15) is 52.4 Å². The summed E-state index contributed by atoms with van der Waals surface area (Å²) in [6.45, 7) is 9.96. The van der Waals surface area contributed by atoms with Gasteiger partial charge >= 0.3 is 0 Å². The molecule has 52 heavy (non-hydrogen) atoms. The highest BCUT2D eigenvalue weighted by molar-refractivity contribution is 7.80. The molecule has 3 aromatic carbocycles. The Morgan fingerprint density at radius 2 is 1.92 bits per heavy atom. The average Bonchev–Trinajstić information content (AvgIpc) is 3.62. The number of ether oxygens (including phenoxy) is 4. The summed E-state index contributed by atoms with van der Waals surface area (Å²) in [5.41, 5.74) is 5.99. The Labute approximate surface area is 309 Å². The lowest BCUT2D eigenvalue weighted by Crippen LogP contribution is -2.69. The summed E-state index contributed by atoms with van der Waals surface area (Å²) in [7, 11) is 3.59. The summed E-state index contributed by atoms with van der Waals surface area (Å²) in [6, 6.07) is 11.7. The molecule has 0 saturated carbocycles. The number of rotatable bonds is 9. The van der Waals surface area contributed by atoms with Crippen LogP contribution in [0.15, 0.2) is 49.1 Å². The number of methoxy groups -OCH3 is 1. The first-order chi connectivity index (χ1) is 25.1. The zero-order valence-corrected chi connectivity index (χ0v) is 30.8. The first-order valence-electron chi connectivity index (χ1n) is 17.5. The van der Waals surface area contributed by atoms with Gasteiger partial charge in [0.1, 0.15) is 24.4 Å². The van der Waals surface area contributed by atoms with Crippen molar-refractivity contribution < 1.29 is 28.8 Å². The Balaban J connectivity index is 1.31. The second-order valence-corrected chi connectivity index (χ2v) is 14.2. The molecule has 7 rings (SSSR count). The maximum absolute atomic E-state index is 13.8. The predicted molar refractivity (Wildman–Crippen MR) is 200 cm³/mol. The molecule has 1 amide bonds. The average molecular weight is 725 g/mol. The number of piperazine rings is 1. The van der Waals surface area contributed by atoms with Crippen LogP contribution in [-0.4, -0.2) is 84.2 Å². The van der Waals surface area contributed by atoms with Crippen LogP contribution in [0.5, 0.6) is 28.7 Å². The number of amides is 1. The number of fused-ring (bicyclic) bond motifs is 9. The van der Waals surface area contributed by atoms with Gasteiger partial charge in [0, 0.05) is 46.6 Å².